The molecule has 0 aliphatic heterocycles. The third kappa shape index (κ3) is 5.96. The van der Waals surface area contributed by atoms with Gasteiger partial charge in [0.2, 0.25) is 0 Å². The first kappa shape index (κ1) is 24.2. The molecule has 0 saturated carbocycles. The topological polar surface area (TPSA) is 132 Å². The van der Waals surface area contributed by atoms with E-state index >= 15 is 0 Å². The van der Waals surface area contributed by atoms with Gasteiger partial charge in [0.05, 0.1) is 21.8 Å². The fourth-order valence-corrected chi connectivity index (χ4v) is 2.91. The van der Waals surface area contributed by atoms with Crippen LogP contribution in [0.15, 0.2) is 54.6 Å². The number of hydrogen-bond acceptors (Lipinski definition) is 6. The maximum absolute atomic E-state index is 12.5. The number of aromatic carboxylic acids is 1. The predicted molar refractivity (Wildman–Crippen MR) is 110 cm³/mol. The van der Waals surface area contributed by atoms with Crippen molar-refractivity contribution in [1.82, 2.24) is 4.98 Å². The summed E-state index contributed by atoms with van der Waals surface area (Å²) < 4.78 is 5.41. The van der Waals surface area contributed by atoms with Gasteiger partial charge in [-0.2, -0.15) is 0 Å². The van der Waals surface area contributed by atoms with E-state index in [0.717, 1.165) is 6.07 Å². The summed E-state index contributed by atoms with van der Waals surface area (Å²) in [5.41, 5.74) is -0.159. The van der Waals surface area contributed by atoms with Crippen LogP contribution in [0, 0.1) is 10.1 Å². The molecular formula is C19H12Cl2LiN3O6. The molecule has 0 aliphatic rings. The summed E-state index contributed by atoms with van der Waals surface area (Å²) in [6.45, 7) is 0. The molecule has 12 heteroatoms. The first-order chi connectivity index (χ1) is 14.2. The number of nitrogens with zero attached hydrogens (tertiary/aromatic N) is 2. The predicted octanol–water partition coefficient (Wildman–Crippen LogP) is 2.16. The van der Waals surface area contributed by atoms with E-state index in [1.807, 2.05) is 0 Å². The SMILES string of the molecule is O=C(Nc1ccc(Oc2cccc([N+](=O)[O-])n2)cc1C(=O)O)c1ccc(Cl)cc1Cl.[H-].[Li+]. The van der Waals surface area contributed by atoms with Crippen molar-refractivity contribution in [2.45, 2.75) is 0 Å². The van der Waals surface area contributed by atoms with E-state index in [2.05, 4.69) is 10.3 Å². The second-order valence-corrected chi connectivity index (χ2v) is 6.63. The molecule has 9 nitrogen and oxygen atoms in total. The number of nitro groups is 1. The molecule has 3 aromatic rings. The van der Waals surface area contributed by atoms with E-state index in [4.69, 9.17) is 27.9 Å². The molecule has 0 fully saturated rings. The Morgan fingerprint density at radius 2 is 1.84 bits per heavy atom. The third-order valence-corrected chi connectivity index (χ3v) is 4.31. The van der Waals surface area contributed by atoms with Crippen molar-refractivity contribution in [2.24, 2.45) is 0 Å². The van der Waals surface area contributed by atoms with Gasteiger partial charge in [0.1, 0.15) is 5.75 Å². The Hall–Kier alpha value is -3.09. The third-order valence-electron chi connectivity index (χ3n) is 3.76. The number of anilines is 1. The Morgan fingerprint density at radius 1 is 1.10 bits per heavy atom. The number of benzene rings is 2. The number of pyridine rings is 1. The molecule has 3 rings (SSSR count). The van der Waals surface area contributed by atoms with Crippen molar-refractivity contribution in [3.63, 3.8) is 0 Å². The van der Waals surface area contributed by atoms with Crippen LogP contribution in [0.2, 0.25) is 10.0 Å². The molecule has 2 N–H and O–H groups in total. The molecule has 1 amide bonds. The molecular weight excluding hydrogens is 444 g/mol. The van der Waals surface area contributed by atoms with Gasteiger partial charge in [0, 0.05) is 22.1 Å². The number of carbonyl (C=O) groups excluding carboxylic acids is 1. The van der Waals surface area contributed by atoms with Crippen LogP contribution < -0.4 is 28.9 Å². The summed E-state index contributed by atoms with van der Waals surface area (Å²) in [6, 6.07) is 12.1. The summed E-state index contributed by atoms with van der Waals surface area (Å²) in [4.78, 5) is 37.9. The number of halogens is 2. The van der Waals surface area contributed by atoms with Crippen LogP contribution in [0.25, 0.3) is 0 Å². The van der Waals surface area contributed by atoms with Crippen molar-refractivity contribution < 1.29 is 44.6 Å². The number of carboxylic acid groups (broad SMARTS) is 1. The van der Waals surface area contributed by atoms with Crippen molar-refractivity contribution in [1.29, 1.82) is 0 Å². The van der Waals surface area contributed by atoms with Crippen molar-refractivity contribution in [3.8, 4) is 11.6 Å². The molecule has 0 spiro atoms. The number of carbonyl (C=O) groups is 2. The van der Waals surface area contributed by atoms with Crippen LogP contribution in [-0.4, -0.2) is 26.9 Å². The molecule has 0 unspecified atom stereocenters. The van der Waals surface area contributed by atoms with Crippen LogP contribution >= 0.6 is 23.2 Å². The molecule has 2 aromatic carbocycles. The molecule has 1 heterocycles. The average molecular weight is 456 g/mol. The molecule has 0 bridgehead atoms. The van der Waals surface area contributed by atoms with Crippen molar-refractivity contribution in [2.75, 3.05) is 5.32 Å². The molecule has 0 aliphatic carbocycles. The van der Waals surface area contributed by atoms with Crippen LogP contribution in [0.4, 0.5) is 11.5 Å². The molecule has 31 heavy (non-hydrogen) atoms. The number of ether oxygens (including phenoxy) is 1. The van der Waals surface area contributed by atoms with Gasteiger partial charge >= 0.3 is 36.5 Å². The van der Waals surface area contributed by atoms with Crippen LogP contribution in [0.5, 0.6) is 11.6 Å². The van der Waals surface area contributed by atoms with Crippen molar-refractivity contribution >= 4 is 46.6 Å². The van der Waals surface area contributed by atoms with E-state index in [-0.39, 0.29) is 53.8 Å². The van der Waals surface area contributed by atoms with Gasteiger partial charge in [-0.15, -0.1) is 0 Å². The molecule has 1 aromatic heterocycles. The first-order valence-corrected chi connectivity index (χ1v) is 8.93. The van der Waals surface area contributed by atoms with E-state index in [9.17, 15) is 24.8 Å². The van der Waals surface area contributed by atoms with E-state index < -0.39 is 22.6 Å². The minimum absolute atomic E-state index is 0. The second kappa shape index (κ2) is 10.3. The van der Waals surface area contributed by atoms with Crippen LogP contribution in [-0.2, 0) is 0 Å². The number of aromatic nitrogens is 1. The van der Waals surface area contributed by atoms with E-state index in [1.54, 1.807) is 0 Å². The van der Waals surface area contributed by atoms with E-state index in [0.29, 0.717) is 5.02 Å². The fraction of sp³-hybridized carbons (Fsp3) is 0. The number of nitrogens with one attached hydrogen (secondary N) is 1. The minimum atomic E-state index is -1.33. The summed E-state index contributed by atoms with van der Waals surface area (Å²) in [6.07, 6.45) is 0. The van der Waals surface area contributed by atoms with Gasteiger partial charge in [0.15, 0.2) is 0 Å². The summed E-state index contributed by atoms with van der Waals surface area (Å²) in [5, 5.41) is 23.2. The van der Waals surface area contributed by atoms with Gasteiger partial charge in [-0.3, -0.25) is 4.79 Å². The summed E-state index contributed by atoms with van der Waals surface area (Å²) >= 11 is 11.8. The second-order valence-electron chi connectivity index (χ2n) is 5.78. The number of amides is 1. The van der Waals surface area contributed by atoms with Gasteiger partial charge in [-0.25, -0.2) is 4.79 Å². The maximum Gasteiger partial charge on any atom is 1.00 e. The molecule has 0 saturated heterocycles. The zero-order valence-electron chi connectivity index (χ0n) is 16.8. The van der Waals surface area contributed by atoms with Crippen LogP contribution in [0.1, 0.15) is 22.1 Å². The van der Waals surface area contributed by atoms with Gasteiger partial charge in [-0.05, 0) is 47.4 Å². The Balaban J connectivity index is 0.00000256. The molecule has 0 radical (unpaired) electrons. The Bertz CT molecular complexity index is 1180. The van der Waals surface area contributed by atoms with Gasteiger partial charge < -0.3 is 26.7 Å². The van der Waals surface area contributed by atoms with Gasteiger partial charge in [0.25, 0.3) is 5.91 Å². The fourth-order valence-electron chi connectivity index (χ4n) is 2.42. The quantitative estimate of drug-likeness (QED) is 0.330. The molecule has 0 atom stereocenters. The maximum atomic E-state index is 12.5. The number of hydrogen-bond donors (Lipinski definition) is 2. The number of carboxylic acids is 1. The Kier molecular flexibility index (Phi) is 8.02. The van der Waals surface area contributed by atoms with E-state index in [1.165, 1.54) is 48.5 Å². The van der Waals surface area contributed by atoms with Gasteiger partial charge in [-0.1, -0.05) is 23.2 Å². The summed E-state index contributed by atoms with van der Waals surface area (Å²) in [7, 11) is 0. The average Bonchev–Trinajstić information content (AvgIpc) is 2.69. The zero-order valence-corrected chi connectivity index (χ0v) is 17.3. The monoisotopic (exact) mass is 455 g/mol. The van der Waals surface area contributed by atoms with Crippen molar-refractivity contribution in [3.05, 3.63) is 85.9 Å². The minimum Gasteiger partial charge on any atom is -1.00 e. The Labute approximate surface area is 198 Å². The number of rotatable bonds is 6. The smallest absolute Gasteiger partial charge is 1.00 e. The normalized spacial score (nSPS) is 10.0. The van der Waals surface area contributed by atoms with Crippen LogP contribution in [0.3, 0.4) is 0 Å². The largest absolute Gasteiger partial charge is 1.00 e. The summed E-state index contributed by atoms with van der Waals surface area (Å²) in [5.74, 6) is -2.42. The zero-order chi connectivity index (χ0) is 21.8. The Morgan fingerprint density at radius 3 is 2.48 bits per heavy atom. The standard InChI is InChI=1S/C19H11Cl2N3O6.Li.H/c20-10-4-6-12(14(21)8-10)18(25)22-15-7-5-11(9-13(15)19(26)27)30-17-3-1-2-16(23-17)24(28)29;;/h1-9H,(H,22,25)(H,26,27);;/q;+1;-1. The molecule has 154 valence electrons. The first-order valence-electron chi connectivity index (χ1n) is 8.17.